The minimum Gasteiger partial charge on any atom is -0.315 e. The molecule has 1 heterocycles. The Hall–Kier alpha value is -1.39. The van der Waals surface area contributed by atoms with Crippen LogP contribution >= 0.6 is 11.3 Å². The summed E-state index contributed by atoms with van der Waals surface area (Å²) in [5, 5.41) is 5.28. The highest BCUT2D eigenvalue weighted by molar-refractivity contribution is 7.07. The molecule has 0 saturated carbocycles. The number of hydrogen-bond acceptors (Lipinski definition) is 3. The van der Waals surface area contributed by atoms with E-state index < -0.39 is 0 Å². The summed E-state index contributed by atoms with van der Waals surface area (Å²) < 4.78 is 0. The molecular formula is C15H20N2OS. The van der Waals surface area contributed by atoms with Crippen LogP contribution in [-0.2, 0) is 13.0 Å². The molecule has 2 N–H and O–H groups in total. The number of H-pyrrole nitrogens is 1. The second-order valence-corrected chi connectivity index (χ2v) is 5.61. The Morgan fingerprint density at radius 1 is 1.32 bits per heavy atom. The Labute approximate surface area is 117 Å². The molecule has 19 heavy (non-hydrogen) atoms. The Bertz CT molecular complexity index is 556. The number of rotatable bonds is 6. The van der Waals surface area contributed by atoms with Gasteiger partial charge in [-0.2, -0.15) is 0 Å². The van der Waals surface area contributed by atoms with Gasteiger partial charge in [0.2, 0.25) is 0 Å². The normalized spacial score (nSPS) is 12.5. The van der Waals surface area contributed by atoms with Crippen molar-refractivity contribution in [1.29, 1.82) is 0 Å². The monoisotopic (exact) mass is 276 g/mol. The summed E-state index contributed by atoms with van der Waals surface area (Å²) in [6, 6.07) is 9.03. The first kappa shape index (κ1) is 14.0. The molecule has 1 aromatic heterocycles. The minimum atomic E-state index is 0.00775. The number of aromatic amines is 1. The lowest BCUT2D eigenvalue weighted by atomic mass is 10.0. The third kappa shape index (κ3) is 4.04. The quantitative estimate of drug-likeness (QED) is 0.850. The van der Waals surface area contributed by atoms with Gasteiger partial charge in [-0.05, 0) is 24.5 Å². The van der Waals surface area contributed by atoms with Crippen LogP contribution in [0.3, 0.4) is 0 Å². The van der Waals surface area contributed by atoms with Gasteiger partial charge in [0.15, 0.2) is 0 Å². The number of aromatic nitrogens is 1. The van der Waals surface area contributed by atoms with Crippen molar-refractivity contribution >= 4 is 11.3 Å². The molecule has 1 aromatic carbocycles. The van der Waals surface area contributed by atoms with Gasteiger partial charge in [-0.25, -0.2) is 0 Å². The lowest BCUT2D eigenvalue weighted by Gasteiger charge is -2.14. The molecule has 0 amide bonds. The van der Waals surface area contributed by atoms with E-state index in [9.17, 15) is 4.79 Å². The molecule has 2 rings (SSSR count). The molecule has 102 valence electrons. The molecule has 0 aliphatic rings. The zero-order valence-corrected chi connectivity index (χ0v) is 12.2. The second-order valence-electron chi connectivity index (χ2n) is 4.77. The Morgan fingerprint density at radius 3 is 2.63 bits per heavy atom. The van der Waals surface area contributed by atoms with E-state index in [2.05, 4.69) is 48.4 Å². The smallest absolute Gasteiger partial charge is 0.304 e. The van der Waals surface area contributed by atoms with E-state index >= 15 is 0 Å². The lowest BCUT2D eigenvalue weighted by Crippen LogP contribution is -2.18. The molecule has 1 unspecified atom stereocenters. The molecule has 0 saturated heterocycles. The van der Waals surface area contributed by atoms with E-state index in [1.165, 1.54) is 28.9 Å². The van der Waals surface area contributed by atoms with Crippen molar-refractivity contribution in [2.24, 2.45) is 0 Å². The Balaban J connectivity index is 1.91. The molecule has 2 aromatic rings. The molecule has 1 atom stereocenters. The summed E-state index contributed by atoms with van der Waals surface area (Å²) in [4.78, 5) is 13.9. The van der Waals surface area contributed by atoms with Crippen molar-refractivity contribution in [2.75, 3.05) is 0 Å². The maximum Gasteiger partial charge on any atom is 0.304 e. The third-order valence-corrected chi connectivity index (χ3v) is 3.91. The van der Waals surface area contributed by atoms with E-state index in [-0.39, 0.29) is 10.9 Å². The predicted molar refractivity (Wildman–Crippen MR) is 80.6 cm³/mol. The van der Waals surface area contributed by atoms with E-state index in [4.69, 9.17) is 0 Å². The molecule has 0 fully saturated rings. The average molecular weight is 276 g/mol. The van der Waals surface area contributed by atoms with Crippen molar-refractivity contribution in [1.82, 2.24) is 10.3 Å². The maximum absolute atomic E-state index is 11.0. The molecule has 0 radical (unpaired) electrons. The number of hydrogen-bond donors (Lipinski definition) is 2. The van der Waals surface area contributed by atoms with Gasteiger partial charge in [0.05, 0.1) is 0 Å². The zero-order chi connectivity index (χ0) is 13.7. The van der Waals surface area contributed by atoms with Crippen LogP contribution in [0.1, 0.15) is 43.1 Å². The third-order valence-electron chi connectivity index (χ3n) is 3.19. The van der Waals surface area contributed by atoms with E-state index in [1.54, 1.807) is 0 Å². The summed E-state index contributed by atoms with van der Waals surface area (Å²) in [6.45, 7) is 5.02. The fourth-order valence-electron chi connectivity index (χ4n) is 2.04. The fraction of sp³-hybridized carbons (Fsp3) is 0.400. The SMILES string of the molecule is CCCc1ccc(C(C)NCc2csc(=O)[nH]2)cc1. The van der Waals surface area contributed by atoms with Crippen LogP contribution in [0.15, 0.2) is 34.4 Å². The molecule has 0 aliphatic heterocycles. The number of nitrogens with one attached hydrogen (secondary N) is 2. The van der Waals surface area contributed by atoms with Crippen LogP contribution in [-0.4, -0.2) is 4.98 Å². The van der Waals surface area contributed by atoms with E-state index in [1.807, 2.05) is 5.38 Å². The highest BCUT2D eigenvalue weighted by Crippen LogP contribution is 2.14. The summed E-state index contributed by atoms with van der Waals surface area (Å²) in [6.07, 6.45) is 2.32. The first-order valence-corrected chi connectivity index (χ1v) is 7.56. The van der Waals surface area contributed by atoms with Crippen LogP contribution in [0.5, 0.6) is 0 Å². The van der Waals surface area contributed by atoms with E-state index in [0.29, 0.717) is 6.54 Å². The second kappa shape index (κ2) is 6.68. The summed E-state index contributed by atoms with van der Waals surface area (Å²) >= 11 is 1.21. The first-order chi connectivity index (χ1) is 9.19. The largest absolute Gasteiger partial charge is 0.315 e. The van der Waals surface area contributed by atoms with E-state index in [0.717, 1.165) is 12.1 Å². The minimum absolute atomic E-state index is 0.00775. The van der Waals surface area contributed by atoms with Crippen molar-refractivity contribution in [3.63, 3.8) is 0 Å². The average Bonchev–Trinajstić information content (AvgIpc) is 2.83. The molecule has 4 heteroatoms. The van der Waals surface area contributed by atoms with Gasteiger partial charge in [0.1, 0.15) is 0 Å². The molecular weight excluding hydrogens is 256 g/mol. The zero-order valence-electron chi connectivity index (χ0n) is 11.4. The highest BCUT2D eigenvalue weighted by Gasteiger charge is 2.05. The molecule has 0 spiro atoms. The van der Waals surface area contributed by atoms with Gasteiger partial charge in [-0.1, -0.05) is 48.9 Å². The maximum atomic E-state index is 11.0. The predicted octanol–water partition coefficient (Wildman–Crippen LogP) is 3.24. The Morgan fingerprint density at radius 2 is 2.05 bits per heavy atom. The van der Waals surface area contributed by atoms with Crippen LogP contribution in [0.4, 0.5) is 0 Å². The number of thiazole rings is 1. The molecule has 0 aliphatic carbocycles. The van der Waals surface area contributed by atoms with Crippen LogP contribution in [0.25, 0.3) is 0 Å². The van der Waals surface area contributed by atoms with Crippen LogP contribution in [0, 0.1) is 0 Å². The summed E-state index contributed by atoms with van der Waals surface area (Å²) in [7, 11) is 0. The number of benzene rings is 1. The van der Waals surface area contributed by atoms with Crippen molar-refractivity contribution < 1.29 is 0 Å². The standard InChI is InChI=1S/C15H20N2OS/c1-3-4-12-5-7-13(8-6-12)11(2)16-9-14-10-19-15(18)17-14/h5-8,10-11,16H,3-4,9H2,1-2H3,(H,17,18). The van der Waals surface area contributed by atoms with Gasteiger partial charge in [-0.15, -0.1) is 0 Å². The van der Waals surface area contributed by atoms with Gasteiger partial charge in [-0.3, -0.25) is 4.79 Å². The van der Waals surface area contributed by atoms with Crippen molar-refractivity contribution in [3.05, 3.63) is 56.1 Å². The van der Waals surface area contributed by atoms with Crippen LogP contribution in [0.2, 0.25) is 0 Å². The fourth-order valence-corrected chi connectivity index (χ4v) is 2.62. The van der Waals surface area contributed by atoms with Crippen molar-refractivity contribution in [3.8, 4) is 0 Å². The van der Waals surface area contributed by atoms with Gasteiger partial charge in [0, 0.05) is 23.7 Å². The van der Waals surface area contributed by atoms with Crippen molar-refractivity contribution in [2.45, 2.75) is 39.3 Å². The van der Waals surface area contributed by atoms with Gasteiger partial charge in [0.25, 0.3) is 0 Å². The molecule has 3 nitrogen and oxygen atoms in total. The highest BCUT2D eigenvalue weighted by atomic mass is 32.1. The summed E-state index contributed by atoms with van der Waals surface area (Å²) in [5.41, 5.74) is 3.61. The molecule has 0 bridgehead atoms. The summed E-state index contributed by atoms with van der Waals surface area (Å²) in [5.74, 6) is 0. The van der Waals surface area contributed by atoms with Crippen LogP contribution < -0.4 is 10.2 Å². The number of aryl methyl sites for hydroxylation is 1. The Kier molecular flexibility index (Phi) is 4.93. The topological polar surface area (TPSA) is 44.9 Å². The lowest BCUT2D eigenvalue weighted by molar-refractivity contribution is 0.568. The van der Waals surface area contributed by atoms with Gasteiger partial charge < -0.3 is 10.3 Å². The first-order valence-electron chi connectivity index (χ1n) is 6.68. The van der Waals surface area contributed by atoms with Gasteiger partial charge >= 0.3 is 4.87 Å².